The predicted octanol–water partition coefficient (Wildman–Crippen LogP) is 6.75. The van der Waals surface area contributed by atoms with Crippen molar-refractivity contribution in [3.05, 3.63) is 70.0 Å². The molecule has 0 amide bonds. The molecule has 0 radical (unpaired) electrons. The quantitative estimate of drug-likeness (QED) is 0.553. The van der Waals surface area contributed by atoms with Gasteiger partial charge in [0, 0.05) is 0 Å². The second-order valence-corrected chi connectivity index (χ2v) is 7.67. The fraction of sp³-hybridized carbons (Fsp3) is 0.478. The molecule has 0 aromatic heterocycles. The van der Waals surface area contributed by atoms with Crippen LogP contribution in [-0.4, -0.2) is 0 Å². The highest BCUT2D eigenvalue weighted by atomic mass is 19.2. The van der Waals surface area contributed by atoms with Crippen molar-refractivity contribution in [2.75, 3.05) is 0 Å². The average molecular weight is 360 g/mol. The summed E-state index contributed by atoms with van der Waals surface area (Å²) in [5.41, 5.74) is 2.33. The molecule has 3 rings (SSSR count). The summed E-state index contributed by atoms with van der Waals surface area (Å²) >= 11 is 0. The van der Waals surface area contributed by atoms with Gasteiger partial charge in [-0.15, -0.1) is 0 Å². The third-order valence-electron chi connectivity index (χ3n) is 5.85. The van der Waals surface area contributed by atoms with Crippen LogP contribution < -0.4 is 0 Å². The van der Waals surface area contributed by atoms with Gasteiger partial charge in [-0.25, -0.2) is 13.2 Å². The van der Waals surface area contributed by atoms with Gasteiger partial charge < -0.3 is 0 Å². The van der Waals surface area contributed by atoms with Gasteiger partial charge in [0.2, 0.25) is 0 Å². The maximum Gasteiger partial charge on any atom is 0.162 e. The van der Waals surface area contributed by atoms with Crippen LogP contribution in [0.5, 0.6) is 0 Å². The zero-order chi connectivity index (χ0) is 18.7. The molecule has 2 aromatic carbocycles. The monoisotopic (exact) mass is 360 g/mol. The van der Waals surface area contributed by atoms with Crippen LogP contribution in [0.4, 0.5) is 13.2 Å². The van der Waals surface area contributed by atoms with Gasteiger partial charge in [-0.2, -0.15) is 0 Å². The molecular weight excluding hydrogens is 333 g/mol. The number of halogens is 3. The van der Waals surface area contributed by atoms with Crippen LogP contribution >= 0.6 is 0 Å². The normalized spacial score (nSPS) is 20.3. The number of hydrogen-bond donors (Lipinski definition) is 0. The van der Waals surface area contributed by atoms with E-state index >= 15 is 0 Å². The smallest absolute Gasteiger partial charge is 0.162 e. The maximum atomic E-state index is 14.5. The lowest BCUT2D eigenvalue weighted by molar-refractivity contribution is 0.347. The van der Waals surface area contributed by atoms with E-state index in [2.05, 4.69) is 6.92 Å². The lowest BCUT2D eigenvalue weighted by Gasteiger charge is -2.26. The first-order valence-corrected chi connectivity index (χ1v) is 9.73. The summed E-state index contributed by atoms with van der Waals surface area (Å²) in [5.74, 6) is -0.579. The summed E-state index contributed by atoms with van der Waals surface area (Å²) in [6.45, 7) is 4.07. The highest BCUT2D eigenvalue weighted by molar-refractivity contribution is 5.30. The third-order valence-corrected chi connectivity index (χ3v) is 5.85. The van der Waals surface area contributed by atoms with E-state index in [1.165, 1.54) is 12.8 Å². The molecule has 0 aliphatic heterocycles. The molecule has 0 nitrogen and oxygen atoms in total. The molecule has 0 N–H and O–H groups in total. The standard InChI is InChI=1S/C23H27F3/c1-3-16-8-11-19(23(26)22(16)25)12-9-18-10-13-20(14-21(18)24)17-6-4-15(2)5-7-17/h8,10-11,13-15,17H,3-7,9,12H2,1-2H3. The fourth-order valence-corrected chi connectivity index (χ4v) is 3.98. The van der Waals surface area contributed by atoms with Crippen molar-refractivity contribution >= 4 is 0 Å². The van der Waals surface area contributed by atoms with Crippen LogP contribution in [0, 0.1) is 23.4 Å². The Hall–Kier alpha value is -1.77. The molecule has 3 heteroatoms. The van der Waals surface area contributed by atoms with Crippen LogP contribution in [0.15, 0.2) is 30.3 Å². The van der Waals surface area contributed by atoms with Crippen molar-refractivity contribution < 1.29 is 13.2 Å². The Morgan fingerprint density at radius 2 is 1.38 bits per heavy atom. The summed E-state index contributed by atoms with van der Waals surface area (Å²) in [4.78, 5) is 0. The minimum atomic E-state index is -0.794. The number of aryl methyl sites for hydroxylation is 3. The molecule has 1 aliphatic rings. The van der Waals surface area contributed by atoms with E-state index in [9.17, 15) is 13.2 Å². The Kier molecular flexibility index (Phi) is 6.05. The SMILES string of the molecule is CCc1ccc(CCc2ccc(C3CCC(C)CC3)cc2F)c(F)c1F. The minimum absolute atomic E-state index is 0.229. The molecular formula is C23H27F3. The molecule has 1 fully saturated rings. The largest absolute Gasteiger partial charge is 0.207 e. The van der Waals surface area contributed by atoms with E-state index in [0.29, 0.717) is 41.9 Å². The maximum absolute atomic E-state index is 14.5. The molecule has 0 bridgehead atoms. The van der Waals surface area contributed by atoms with Gasteiger partial charge in [-0.3, -0.25) is 0 Å². The molecule has 1 saturated carbocycles. The van der Waals surface area contributed by atoms with Gasteiger partial charge in [0.05, 0.1) is 0 Å². The van der Waals surface area contributed by atoms with Gasteiger partial charge in [0.25, 0.3) is 0 Å². The zero-order valence-corrected chi connectivity index (χ0v) is 15.6. The Morgan fingerprint density at radius 1 is 0.808 bits per heavy atom. The molecule has 0 unspecified atom stereocenters. The van der Waals surface area contributed by atoms with E-state index in [1.54, 1.807) is 25.1 Å². The summed E-state index contributed by atoms with van der Waals surface area (Å²) in [6, 6.07) is 8.71. The van der Waals surface area contributed by atoms with E-state index in [0.717, 1.165) is 24.3 Å². The van der Waals surface area contributed by atoms with Crippen LogP contribution in [-0.2, 0) is 19.3 Å². The molecule has 140 valence electrons. The third kappa shape index (κ3) is 4.13. The Balaban J connectivity index is 1.68. The molecule has 0 spiro atoms. The van der Waals surface area contributed by atoms with Crippen molar-refractivity contribution in [3.8, 4) is 0 Å². The number of benzene rings is 2. The van der Waals surface area contributed by atoms with E-state index < -0.39 is 11.6 Å². The fourth-order valence-electron chi connectivity index (χ4n) is 3.98. The Morgan fingerprint density at radius 3 is 2.04 bits per heavy atom. The van der Waals surface area contributed by atoms with Gasteiger partial charge >= 0.3 is 0 Å². The van der Waals surface area contributed by atoms with Gasteiger partial charge in [0.15, 0.2) is 11.6 Å². The average Bonchev–Trinajstić information content (AvgIpc) is 2.64. The lowest BCUT2D eigenvalue weighted by atomic mass is 9.79. The van der Waals surface area contributed by atoms with Crippen LogP contribution in [0.3, 0.4) is 0 Å². The Bertz CT molecular complexity index is 758. The first-order chi connectivity index (χ1) is 12.5. The van der Waals surface area contributed by atoms with E-state index in [-0.39, 0.29) is 5.82 Å². The Labute approximate surface area is 154 Å². The van der Waals surface area contributed by atoms with Crippen molar-refractivity contribution in [2.45, 2.75) is 64.7 Å². The summed E-state index contributed by atoms with van der Waals surface area (Å²) < 4.78 is 42.5. The number of rotatable bonds is 5. The topological polar surface area (TPSA) is 0 Å². The summed E-state index contributed by atoms with van der Waals surface area (Å²) in [6.07, 6.45) is 5.76. The van der Waals surface area contributed by atoms with Crippen LogP contribution in [0.25, 0.3) is 0 Å². The molecule has 1 aliphatic carbocycles. The second kappa shape index (κ2) is 8.28. The predicted molar refractivity (Wildman–Crippen MR) is 99.9 cm³/mol. The van der Waals surface area contributed by atoms with E-state index in [1.807, 2.05) is 12.1 Å². The lowest BCUT2D eigenvalue weighted by Crippen LogP contribution is -2.11. The summed E-state index contributed by atoms with van der Waals surface area (Å²) in [7, 11) is 0. The van der Waals surface area contributed by atoms with Gasteiger partial charge in [-0.1, -0.05) is 51.0 Å². The molecule has 0 atom stereocenters. The zero-order valence-electron chi connectivity index (χ0n) is 15.6. The summed E-state index contributed by atoms with van der Waals surface area (Å²) in [5, 5.41) is 0. The molecule has 2 aromatic rings. The van der Waals surface area contributed by atoms with Crippen molar-refractivity contribution in [2.24, 2.45) is 5.92 Å². The first-order valence-electron chi connectivity index (χ1n) is 9.73. The highest BCUT2D eigenvalue weighted by Crippen LogP contribution is 2.36. The molecule has 26 heavy (non-hydrogen) atoms. The van der Waals surface area contributed by atoms with Crippen LogP contribution in [0.1, 0.15) is 67.7 Å². The van der Waals surface area contributed by atoms with Gasteiger partial charge in [0.1, 0.15) is 5.82 Å². The van der Waals surface area contributed by atoms with Crippen LogP contribution in [0.2, 0.25) is 0 Å². The molecule has 0 saturated heterocycles. The van der Waals surface area contributed by atoms with E-state index in [4.69, 9.17) is 0 Å². The highest BCUT2D eigenvalue weighted by Gasteiger charge is 2.20. The molecule has 0 heterocycles. The minimum Gasteiger partial charge on any atom is -0.207 e. The first kappa shape index (κ1) is 19.0. The number of hydrogen-bond acceptors (Lipinski definition) is 0. The van der Waals surface area contributed by atoms with Crippen molar-refractivity contribution in [1.29, 1.82) is 0 Å². The van der Waals surface area contributed by atoms with Crippen molar-refractivity contribution in [3.63, 3.8) is 0 Å². The van der Waals surface area contributed by atoms with Crippen molar-refractivity contribution in [1.82, 2.24) is 0 Å². The van der Waals surface area contributed by atoms with Gasteiger partial charge in [-0.05, 0) is 72.3 Å². The second-order valence-electron chi connectivity index (χ2n) is 7.67.